The minimum atomic E-state index is -0.714. The normalized spacial score (nSPS) is 10.8. The van der Waals surface area contributed by atoms with Crippen LogP contribution < -0.4 is 5.43 Å². The van der Waals surface area contributed by atoms with Gasteiger partial charge in [0.15, 0.2) is 5.52 Å². The molecule has 0 saturated heterocycles. The quantitative estimate of drug-likeness (QED) is 0.720. The Bertz CT molecular complexity index is 1000. The number of carbonyl (C=O) groups is 1. The van der Waals surface area contributed by atoms with E-state index >= 15 is 0 Å². The number of halogens is 2. The van der Waals surface area contributed by atoms with Crippen molar-refractivity contribution in [2.45, 2.75) is 6.92 Å². The summed E-state index contributed by atoms with van der Waals surface area (Å²) in [5.74, 6) is -0.714. The summed E-state index contributed by atoms with van der Waals surface area (Å²) in [6.07, 6.45) is 2.77. The summed E-state index contributed by atoms with van der Waals surface area (Å²) in [6.45, 7) is 1.83. The minimum Gasteiger partial charge on any atom is -0.462 e. The first-order valence-electron chi connectivity index (χ1n) is 7.03. The van der Waals surface area contributed by atoms with Crippen LogP contribution in [0.4, 0.5) is 0 Å². The first-order valence-corrected chi connectivity index (χ1v) is 7.78. The van der Waals surface area contributed by atoms with Crippen LogP contribution in [0.3, 0.4) is 0 Å². The number of pyridine rings is 1. The summed E-state index contributed by atoms with van der Waals surface area (Å²) in [4.78, 5) is 27.2. The number of fused-ring (bicyclic) bond motifs is 1. The Labute approximate surface area is 146 Å². The Balaban J connectivity index is 2.26. The van der Waals surface area contributed by atoms with Crippen molar-refractivity contribution >= 4 is 40.2 Å². The number of hydrogen-bond acceptors (Lipinski definition) is 5. The topological polar surface area (TPSA) is 84.9 Å². The van der Waals surface area contributed by atoms with Crippen molar-refractivity contribution in [1.29, 1.82) is 0 Å². The zero-order chi connectivity index (χ0) is 17.3. The van der Waals surface area contributed by atoms with Gasteiger partial charge in [0, 0.05) is 17.3 Å². The summed E-state index contributed by atoms with van der Waals surface area (Å²) in [7, 11) is 0. The Kier molecular flexibility index (Phi) is 4.51. The Morgan fingerprint density at radius 1 is 1.29 bits per heavy atom. The molecule has 0 aliphatic heterocycles. The average Bonchev–Trinajstić information content (AvgIpc) is 2.58. The molecule has 0 aliphatic carbocycles. The van der Waals surface area contributed by atoms with Crippen LogP contribution >= 0.6 is 23.2 Å². The Hall–Kier alpha value is -2.44. The molecule has 24 heavy (non-hydrogen) atoms. The van der Waals surface area contributed by atoms with Gasteiger partial charge >= 0.3 is 5.97 Å². The molecule has 0 fully saturated rings. The van der Waals surface area contributed by atoms with Crippen LogP contribution in [0.25, 0.3) is 22.2 Å². The van der Waals surface area contributed by atoms with Crippen molar-refractivity contribution in [1.82, 2.24) is 15.2 Å². The summed E-state index contributed by atoms with van der Waals surface area (Å²) in [5.41, 5.74) is 0.896. The molecular weight excluding hydrogens is 353 g/mol. The van der Waals surface area contributed by atoms with Crippen molar-refractivity contribution in [3.8, 4) is 11.1 Å². The lowest BCUT2D eigenvalue weighted by atomic mass is 10.1. The highest BCUT2D eigenvalue weighted by Gasteiger charge is 2.18. The van der Waals surface area contributed by atoms with Gasteiger partial charge in [0.2, 0.25) is 5.43 Å². The minimum absolute atomic E-state index is 0.0223. The van der Waals surface area contributed by atoms with Gasteiger partial charge in [-0.2, -0.15) is 5.10 Å². The van der Waals surface area contributed by atoms with E-state index in [1.165, 1.54) is 12.4 Å². The van der Waals surface area contributed by atoms with E-state index in [4.69, 9.17) is 27.9 Å². The number of hydrogen-bond donors (Lipinski definition) is 1. The number of nitrogens with zero attached hydrogens (tertiary/aromatic N) is 2. The van der Waals surface area contributed by atoms with Crippen LogP contribution in [-0.4, -0.2) is 27.8 Å². The Morgan fingerprint density at radius 3 is 2.83 bits per heavy atom. The van der Waals surface area contributed by atoms with Gasteiger partial charge in [-0.25, -0.2) is 4.79 Å². The molecule has 3 rings (SSSR count). The van der Waals surface area contributed by atoms with Gasteiger partial charge in [-0.05, 0) is 13.0 Å². The molecule has 6 nitrogen and oxygen atoms in total. The predicted octanol–water partition coefficient (Wildman–Crippen LogP) is 3.47. The lowest BCUT2D eigenvalue weighted by Crippen LogP contribution is -2.19. The van der Waals surface area contributed by atoms with Crippen molar-refractivity contribution in [3.05, 3.63) is 56.4 Å². The fraction of sp³-hybridized carbons (Fsp3) is 0.125. The molecule has 0 atom stereocenters. The summed E-state index contributed by atoms with van der Waals surface area (Å²) >= 11 is 12.3. The number of rotatable bonds is 3. The molecule has 3 aromatic rings. The summed E-state index contributed by atoms with van der Waals surface area (Å²) in [5, 5.41) is 8.40. The number of carbonyl (C=O) groups excluding carboxylic acids is 1. The molecule has 122 valence electrons. The number of nitrogens with one attached hydrogen (secondary N) is 1. The molecule has 2 heterocycles. The van der Waals surface area contributed by atoms with Gasteiger partial charge in [0.05, 0.1) is 28.4 Å². The first-order chi connectivity index (χ1) is 11.5. The SMILES string of the molecule is CCOC(=O)c1c[nH]c2c(-c3cccc(Cl)c3Cl)cnnc2c1=O. The highest BCUT2D eigenvalue weighted by Crippen LogP contribution is 2.35. The van der Waals surface area contributed by atoms with Gasteiger partial charge in [-0.1, -0.05) is 35.3 Å². The number of ether oxygens (including phenoxy) is 1. The molecule has 1 aromatic carbocycles. The number of esters is 1. The average molecular weight is 364 g/mol. The monoisotopic (exact) mass is 363 g/mol. The molecule has 0 saturated carbocycles. The molecule has 0 unspecified atom stereocenters. The second kappa shape index (κ2) is 6.59. The number of aromatic amines is 1. The number of H-pyrrole nitrogens is 1. The third-order valence-corrected chi connectivity index (χ3v) is 4.23. The third-order valence-electron chi connectivity index (χ3n) is 3.41. The summed E-state index contributed by atoms with van der Waals surface area (Å²) in [6, 6.07) is 5.15. The lowest BCUT2D eigenvalue weighted by Gasteiger charge is -2.09. The van der Waals surface area contributed by atoms with Gasteiger partial charge in [-0.15, -0.1) is 5.10 Å². The van der Waals surface area contributed by atoms with Crippen molar-refractivity contribution < 1.29 is 9.53 Å². The van der Waals surface area contributed by atoms with E-state index in [0.29, 0.717) is 26.7 Å². The van der Waals surface area contributed by atoms with Gasteiger partial charge in [-0.3, -0.25) is 4.79 Å². The van der Waals surface area contributed by atoms with E-state index in [0.717, 1.165) is 0 Å². The molecule has 0 bridgehead atoms. The van der Waals surface area contributed by atoms with Crippen LogP contribution in [0.5, 0.6) is 0 Å². The molecule has 0 radical (unpaired) electrons. The molecule has 8 heteroatoms. The fourth-order valence-corrected chi connectivity index (χ4v) is 2.71. The van der Waals surface area contributed by atoms with Crippen molar-refractivity contribution in [2.75, 3.05) is 6.61 Å². The predicted molar refractivity (Wildman–Crippen MR) is 91.6 cm³/mol. The second-order valence-corrected chi connectivity index (χ2v) is 5.62. The number of aromatic nitrogens is 3. The molecule has 0 amide bonds. The Morgan fingerprint density at radius 2 is 2.08 bits per heavy atom. The van der Waals surface area contributed by atoms with E-state index in [-0.39, 0.29) is 17.7 Å². The number of benzene rings is 1. The zero-order valence-corrected chi connectivity index (χ0v) is 14.0. The van der Waals surface area contributed by atoms with E-state index in [1.807, 2.05) is 0 Å². The van der Waals surface area contributed by atoms with Crippen molar-refractivity contribution in [2.24, 2.45) is 0 Å². The second-order valence-electron chi connectivity index (χ2n) is 4.84. The molecular formula is C16H11Cl2N3O3. The van der Waals surface area contributed by atoms with Crippen LogP contribution in [0, 0.1) is 0 Å². The molecule has 1 N–H and O–H groups in total. The molecule has 0 spiro atoms. The largest absolute Gasteiger partial charge is 0.462 e. The summed E-state index contributed by atoms with van der Waals surface area (Å²) < 4.78 is 4.86. The van der Waals surface area contributed by atoms with Crippen LogP contribution in [0.1, 0.15) is 17.3 Å². The maximum Gasteiger partial charge on any atom is 0.343 e. The van der Waals surface area contributed by atoms with Crippen LogP contribution in [-0.2, 0) is 4.74 Å². The highest BCUT2D eigenvalue weighted by molar-refractivity contribution is 6.43. The van der Waals surface area contributed by atoms with Gasteiger partial charge in [0.1, 0.15) is 5.56 Å². The third kappa shape index (κ3) is 2.74. The smallest absolute Gasteiger partial charge is 0.343 e. The molecule has 2 aromatic heterocycles. The van der Waals surface area contributed by atoms with Gasteiger partial charge in [0.25, 0.3) is 0 Å². The maximum atomic E-state index is 12.5. The zero-order valence-electron chi connectivity index (χ0n) is 12.5. The highest BCUT2D eigenvalue weighted by atomic mass is 35.5. The van der Waals surface area contributed by atoms with Crippen LogP contribution in [0.15, 0.2) is 35.4 Å². The van der Waals surface area contributed by atoms with Crippen molar-refractivity contribution in [3.63, 3.8) is 0 Å². The van der Waals surface area contributed by atoms with Gasteiger partial charge < -0.3 is 9.72 Å². The van der Waals surface area contributed by atoms with E-state index in [2.05, 4.69) is 15.2 Å². The maximum absolute atomic E-state index is 12.5. The fourth-order valence-electron chi connectivity index (χ4n) is 2.31. The standard InChI is InChI=1S/C16H11Cl2N3O3/c1-2-24-16(23)10-6-19-13-9(7-20-21-14(13)15(10)22)8-4-3-5-11(17)12(8)18/h3-7H,2H2,1H3,(H,19,22). The van der Waals surface area contributed by atoms with E-state index < -0.39 is 11.4 Å². The first kappa shape index (κ1) is 16.4. The van der Waals surface area contributed by atoms with E-state index in [1.54, 1.807) is 25.1 Å². The molecule has 0 aliphatic rings. The van der Waals surface area contributed by atoms with Crippen LogP contribution in [0.2, 0.25) is 10.0 Å². The lowest BCUT2D eigenvalue weighted by molar-refractivity contribution is 0.0524. The van der Waals surface area contributed by atoms with E-state index in [9.17, 15) is 9.59 Å².